The minimum Gasteiger partial charge on any atom is -0.741 e. The Morgan fingerprint density at radius 2 is 1.07 bits per heavy atom. The molecule has 0 atom stereocenters. The second-order valence-electron chi connectivity index (χ2n) is 4.77. The first-order chi connectivity index (χ1) is 11.2. The summed E-state index contributed by atoms with van der Waals surface area (Å²) in [4.78, 5) is 0. The molecule has 171 valence electrons. The topological polar surface area (TPSA) is 124 Å². The zero-order chi connectivity index (χ0) is 22.0. The number of alkyl halides is 6. The monoisotopic (exact) mass is 637 g/mol. The third kappa shape index (κ3) is 17.8. The molecule has 0 rings (SSSR count). The van der Waals surface area contributed by atoms with E-state index in [9.17, 15) is 26.3 Å². The van der Waals surface area contributed by atoms with Crippen molar-refractivity contribution in [2.75, 3.05) is 40.4 Å². The minimum absolute atomic E-state index is 0. The van der Waals surface area contributed by atoms with Crippen molar-refractivity contribution in [2.45, 2.75) is 24.9 Å². The first-order valence-corrected chi connectivity index (χ1v) is 9.37. The zero-order valence-electron chi connectivity index (χ0n) is 14.6. The van der Waals surface area contributed by atoms with Gasteiger partial charge in [-0.1, -0.05) is 0 Å². The molecule has 0 heterocycles. The molecule has 0 saturated heterocycles. The van der Waals surface area contributed by atoms with Gasteiger partial charge in [0.2, 0.25) is 0 Å². The molecule has 0 aromatic heterocycles. The van der Waals surface area contributed by atoms with Crippen LogP contribution >= 0.6 is 0 Å². The van der Waals surface area contributed by atoms with Gasteiger partial charge >= 0.3 is 11.0 Å². The van der Waals surface area contributed by atoms with E-state index in [2.05, 4.69) is 20.9 Å². The predicted octanol–water partition coefficient (Wildman–Crippen LogP) is 1.22. The molecule has 0 aliphatic carbocycles. The quantitative estimate of drug-likeness (QED) is 0.193. The Morgan fingerprint density at radius 1 is 0.852 bits per heavy atom. The molecule has 0 spiro atoms. The third-order valence-electron chi connectivity index (χ3n) is 2.93. The summed E-state index contributed by atoms with van der Waals surface area (Å²) in [7, 11) is -8.16. The van der Waals surface area contributed by atoms with Gasteiger partial charge in [0, 0.05) is 27.2 Å². The van der Waals surface area contributed by atoms with Crippen LogP contribution < -0.4 is 0 Å². The largest absolute Gasteiger partial charge is 0.741 e. The Balaban J connectivity index is -0.000000146. The van der Waals surface area contributed by atoms with E-state index in [4.69, 9.17) is 30.7 Å². The fourth-order valence-corrected chi connectivity index (χ4v) is 0.852. The normalized spacial score (nSPS) is 12.7. The summed E-state index contributed by atoms with van der Waals surface area (Å²) in [6.45, 7) is 8.83. The van der Waals surface area contributed by atoms with Gasteiger partial charge in [-0.2, -0.15) is 26.3 Å². The van der Waals surface area contributed by atoms with Crippen molar-refractivity contribution in [1.29, 1.82) is 0 Å². The number of ether oxygens (including phenoxy) is 1. The van der Waals surface area contributed by atoms with E-state index < -0.39 is 31.3 Å². The summed E-state index contributed by atoms with van der Waals surface area (Å²) in [5.74, 6) is 0. The van der Waals surface area contributed by atoms with E-state index >= 15 is 0 Å². The predicted molar refractivity (Wildman–Crippen MR) is 75.5 cm³/mol. The number of rotatable bonds is 5. The van der Waals surface area contributed by atoms with Crippen LogP contribution in [0, 0.1) is 0 Å². The molecule has 0 N–H and O–H groups in total. The Labute approximate surface area is 167 Å². The molecule has 0 aliphatic rings. The van der Waals surface area contributed by atoms with Gasteiger partial charge in [0.05, 0.1) is 26.7 Å². The summed E-state index contributed by atoms with van der Waals surface area (Å²) in [6.07, 6.45) is 0. The van der Waals surface area contributed by atoms with Crippen LogP contribution in [-0.4, -0.2) is 81.8 Å². The van der Waals surface area contributed by atoms with Gasteiger partial charge in [-0.05, 0) is 13.8 Å². The number of likely N-dealkylation sites (N-methyl/N-ethyl adjacent to an activating group) is 1. The third-order valence-corrected chi connectivity index (χ3v) is 4.06. The molecule has 0 saturated carbocycles. The van der Waals surface area contributed by atoms with E-state index in [0.717, 1.165) is 17.6 Å². The van der Waals surface area contributed by atoms with Crippen LogP contribution in [-0.2, 0) is 45.1 Å². The average Bonchev–Trinajstić information content (AvgIpc) is 2.42. The number of hydrogen-bond donors (Lipinski definition) is 0. The van der Waals surface area contributed by atoms with Crippen LogP contribution in [0.4, 0.5) is 26.3 Å². The molecule has 0 fully saturated rings. The molecule has 0 aliphatic heterocycles. The van der Waals surface area contributed by atoms with Crippen LogP contribution in [0.5, 0.6) is 0 Å². The molecule has 27 heavy (non-hydrogen) atoms. The summed E-state index contributed by atoms with van der Waals surface area (Å²) in [5.41, 5.74) is -11.3. The van der Waals surface area contributed by atoms with Crippen molar-refractivity contribution in [3.8, 4) is 0 Å². The maximum atomic E-state index is 10.7. The Bertz CT molecular complexity index is 546. The van der Waals surface area contributed by atoms with Crippen molar-refractivity contribution < 1.29 is 81.6 Å². The van der Waals surface area contributed by atoms with Crippen LogP contribution in [0.2, 0.25) is 0 Å². The van der Waals surface area contributed by atoms with E-state index in [1.54, 1.807) is 7.11 Å². The van der Waals surface area contributed by atoms with Crippen molar-refractivity contribution in [3.63, 3.8) is 0 Å². The van der Waals surface area contributed by atoms with E-state index in [-0.39, 0.29) is 20.1 Å². The summed E-state index contributed by atoms with van der Waals surface area (Å²) in [6, 6.07) is 0. The summed E-state index contributed by atoms with van der Waals surface area (Å²) < 4.78 is 124. The van der Waals surface area contributed by atoms with Gasteiger partial charge in [-0.15, -0.1) is 0 Å². The van der Waals surface area contributed by atoms with E-state index in [0.29, 0.717) is 0 Å². The second-order valence-corrected chi connectivity index (χ2v) is 7.51. The van der Waals surface area contributed by atoms with Gasteiger partial charge in [0.15, 0.2) is 20.2 Å². The van der Waals surface area contributed by atoms with Gasteiger partial charge < -0.3 is 18.3 Å². The molecule has 0 unspecified atom stereocenters. The first-order valence-electron chi connectivity index (χ1n) is 6.55. The molecule has 0 bridgehead atoms. The maximum Gasteiger partial charge on any atom is 0.485 e. The summed E-state index contributed by atoms with van der Waals surface area (Å²) >= 11 is 0. The zero-order valence-corrected chi connectivity index (χ0v) is 18.6. The molecule has 1 radical (unpaired) electrons. The van der Waals surface area contributed by atoms with E-state index in [1.807, 2.05) is 0 Å². The maximum absolute atomic E-state index is 10.7. The van der Waals surface area contributed by atoms with Crippen LogP contribution in [0.1, 0.15) is 13.8 Å². The Morgan fingerprint density at radius 3 is 1.19 bits per heavy atom. The van der Waals surface area contributed by atoms with Crippen molar-refractivity contribution >= 4 is 20.2 Å². The number of nitrogens with zero attached hydrogens (tertiary/aromatic N) is 1. The molecule has 17 heteroatoms. The molecular formula is C10H20F6IrNO7S2-. The minimum atomic E-state index is -6.09. The number of halogens is 6. The fourth-order valence-electron chi connectivity index (χ4n) is 0.852. The van der Waals surface area contributed by atoms with Crippen LogP contribution in [0.15, 0.2) is 0 Å². The fraction of sp³-hybridized carbons (Fsp3) is 1.00. The molecule has 8 nitrogen and oxygen atoms in total. The Hall–Kier alpha value is -0.0306. The van der Waals surface area contributed by atoms with Gasteiger partial charge in [-0.3, -0.25) is 0 Å². The first kappa shape index (κ1) is 34.5. The van der Waals surface area contributed by atoms with Gasteiger partial charge in [0.25, 0.3) is 0 Å². The van der Waals surface area contributed by atoms with E-state index in [1.165, 1.54) is 13.1 Å². The molecular weight excluding hydrogens is 616 g/mol. The summed E-state index contributed by atoms with van der Waals surface area (Å²) in [5, 5.41) is 0. The molecule has 0 amide bonds. The second kappa shape index (κ2) is 13.2. The van der Waals surface area contributed by atoms with Gasteiger partial charge in [0.1, 0.15) is 6.54 Å². The SMILES string of the molecule is CC[N+](C)(CC)CCOC.O=S(=O)([O-])C(F)(F)F.O=S(=O)([O-])C(F)(F)F.[Ir]. The number of quaternary nitrogens is 1. The Kier molecular flexibility index (Phi) is 16.9. The van der Waals surface area contributed by atoms with Crippen LogP contribution in [0.25, 0.3) is 0 Å². The van der Waals surface area contributed by atoms with Crippen molar-refractivity contribution in [3.05, 3.63) is 0 Å². The smallest absolute Gasteiger partial charge is 0.485 e. The van der Waals surface area contributed by atoms with Gasteiger partial charge in [-0.25, -0.2) is 16.8 Å². The van der Waals surface area contributed by atoms with Crippen molar-refractivity contribution in [2.24, 2.45) is 0 Å². The number of methoxy groups -OCH3 is 1. The van der Waals surface area contributed by atoms with Crippen LogP contribution in [0.3, 0.4) is 0 Å². The molecule has 0 aromatic rings. The van der Waals surface area contributed by atoms with Crippen molar-refractivity contribution in [1.82, 2.24) is 0 Å². The standard InChI is InChI=1S/C8H20NO.2CHF3O3S.Ir/c1-5-9(3,6-2)7-8-10-4;2*2-1(3,4)8(5,6)7;/h5-8H2,1-4H3;2*(H,5,6,7);/q+1;;;/p-2. The average molecular weight is 637 g/mol. The molecule has 0 aromatic carbocycles. The number of hydrogen-bond acceptors (Lipinski definition) is 7.